The fourth-order valence-corrected chi connectivity index (χ4v) is 4.76. The molecule has 0 bridgehead atoms. The Morgan fingerprint density at radius 3 is 2.45 bits per heavy atom. The van der Waals surface area contributed by atoms with E-state index in [1.54, 1.807) is 50.2 Å². The van der Waals surface area contributed by atoms with Crippen molar-refractivity contribution in [3.63, 3.8) is 0 Å². The SMILES string of the molecule is CCOc1cc([C@H](CS(C)(=O)=O)N2C(=O)Cc3ccc(C(=O)OC(C)C)cc32)ccc1OC. The maximum absolute atomic E-state index is 13.1. The third-order valence-corrected chi connectivity index (χ3v) is 6.10. The average molecular weight is 476 g/mol. The highest BCUT2D eigenvalue weighted by molar-refractivity contribution is 7.90. The second-order valence-corrected chi connectivity index (χ2v) is 10.4. The van der Waals surface area contributed by atoms with Crippen molar-refractivity contribution in [3.05, 3.63) is 53.1 Å². The van der Waals surface area contributed by atoms with Crippen LogP contribution in [0, 0.1) is 0 Å². The number of anilines is 1. The van der Waals surface area contributed by atoms with Crippen LogP contribution < -0.4 is 14.4 Å². The van der Waals surface area contributed by atoms with Crippen molar-refractivity contribution < 1.29 is 32.2 Å². The van der Waals surface area contributed by atoms with E-state index >= 15 is 0 Å². The molecule has 0 spiro atoms. The lowest BCUT2D eigenvalue weighted by Gasteiger charge is -2.29. The van der Waals surface area contributed by atoms with E-state index in [0.29, 0.717) is 34.9 Å². The van der Waals surface area contributed by atoms with E-state index in [0.717, 1.165) is 11.8 Å². The molecule has 178 valence electrons. The van der Waals surface area contributed by atoms with Gasteiger partial charge in [0.1, 0.15) is 9.84 Å². The van der Waals surface area contributed by atoms with Gasteiger partial charge in [0.15, 0.2) is 11.5 Å². The van der Waals surface area contributed by atoms with Crippen LogP contribution in [0.5, 0.6) is 11.5 Å². The molecule has 0 N–H and O–H groups in total. The molecule has 8 nitrogen and oxygen atoms in total. The van der Waals surface area contributed by atoms with E-state index in [2.05, 4.69) is 0 Å². The van der Waals surface area contributed by atoms with Gasteiger partial charge in [-0.1, -0.05) is 12.1 Å². The Morgan fingerprint density at radius 2 is 1.85 bits per heavy atom. The Hall–Kier alpha value is -3.07. The monoisotopic (exact) mass is 475 g/mol. The minimum Gasteiger partial charge on any atom is -0.493 e. The molecule has 0 aliphatic carbocycles. The summed E-state index contributed by atoms with van der Waals surface area (Å²) >= 11 is 0. The number of ether oxygens (including phenoxy) is 3. The number of benzene rings is 2. The molecule has 0 unspecified atom stereocenters. The largest absolute Gasteiger partial charge is 0.493 e. The van der Waals surface area contributed by atoms with Crippen molar-refractivity contribution in [2.75, 3.05) is 30.6 Å². The first-order valence-corrected chi connectivity index (χ1v) is 12.7. The number of methoxy groups -OCH3 is 1. The van der Waals surface area contributed by atoms with Gasteiger partial charge in [0.05, 0.1) is 43.6 Å². The fourth-order valence-electron chi connectivity index (χ4n) is 3.85. The molecule has 1 atom stereocenters. The van der Waals surface area contributed by atoms with Gasteiger partial charge in [0.2, 0.25) is 5.91 Å². The zero-order valence-corrected chi connectivity index (χ0v) is 20.3. The zero-order valence-electron chi connectivity index (χ0n) is 19.5. The molecule has 1 aliphatic rings. The number of carbonyl (C=O) groups excluding carboxylic acids is 2. The molecular formula is C24H29NO7S. The van der Waals surface area contributed by atoms with E-state index in [4.69, 9.17) is 14.2 Å². The second kappa shape index (κ2) is 9.82. The fraction of sp³-hybridized carbons (Fsp3) is 0.417. The van der Waals surface area contributed by atoms with Crippen LogP contribution in [0.4, 0.5) is 5.69 Å². The number of rotatable bonds is 9. The number of amides is 1. The molecule has 33 heavy (non-hydrogen) atoms. The van der Waals surface area contributed by atoms with Gasteiger partial charge < -0.3 is 19.1 Å². The van der Waals surface area contributed by atoms with Crippen molar-refractivity contribution in [3.8, 4) is 11.5 Å². The molecule has 9 heteroatoms. The van der Waals surface area contributed by atoms with Crippen molar-refractivity contribution in [1.29, 1.82) is 0 Å². The lowest BCUT2D eigenvalue weighted by Crippen LogP contribution is -2.36. The van der Waals surface area contributed by atoms with Crippen LogP contribution in [0.1, 0.15) is 48.3 Å². The number of esters is 1. The number of fused-ring (bicyclic) bond motifs is 1. The zero-order chi connectivity index (χ0) is 24.3. The highest BCUT2D eigenvalue weighted by atomic mass is 32.2. The maximum atomic E-state index is 13.1. The summed E-state index contributed by atoms with van der Waals surface area (Å²) in [5.41, 5.74) is 2.10. The van der Waals surface area contributed by atoms with Crippen molar-refractivity contribution in [2.24, 2.45) is 0 Å². The van der Waals surface area contributed by atoms with Crippen molar-refractivity contribution >= 4 is 27.4 Å². The standard InChI is InChI=1S/C24H29NO7S/c1-6-31-22-12-16(9-10-21(22)30-4)20(14-33(5,28)29)25-19-11-18(24(27)32-15(2)3)8-7-17(19)13-23(25)26/h7-12,15,20H,6,13-14H2,1-5H3/t20-/m0/s1. The summed E-state index contributed by atoms with van der Waals surface area (Å²) in [6.07, 6.45) is 0.951. The third-order valence-electron chi connectivity index (χ3n) is 5.18. The summed E-state index contributed by atoms with van der Waals surface area (Å²) in [5.74, 6) is -0.0872. The van der Waals surface area contributed by atoms with E-state index in [9.17, 15) is 18.0 Å². The van der Waals surface area contributed by atoms with Crippen LogP contribution in [0.3, 0.4) is 0 Å². The van der Waals surface area contributed by atoms with Gasteiger partial charge in [-0.15, -0.1) is 0 Å². The van der Waals surface area contributed by atoms with Gasteiger partial charge in [-0.25, -0.2) is 13.2 Å². The second-order valence-electron chi connectivity index (χ2n) is 8.19. The molecule has 2 aromatic rings. The van der Waals surface area contributed by atoms with Crippen molar-refractivity contribution in [2.45, 2.75) is 39.3 Å². The van der Waals surface area contributed by atoms with E-state index < -0.39 is 21.8 Å². The van der Waals surface area contributed by atoms with Crippen LogP contribution >= 0.6 is 0 Å². The van der Waals surface area contributed by atoms with Gasteiger partial charge >= 0.3 is 5.97 Å². The summed E-state index contributed by atoms with van der Waals surface area (Å²) in [6, 6.07) is 9.21. The molecule has 1 aliphatic heterocycles. The first-order valence-electron chi connectivity index (χ1n) is 10.7. The molecule has 1 amide bonds. The van der Waals surface area contributed by atoms with Crippen LogP contribution in [-0.2, 0) is 25.8 Å². The van der Waals surface area contributed by atoms with E-state index in [1.807, 2.05) is 6.92 Å². The molecule has 0 radical (unpaired) electrons. The molecule has 2 aromatic carbocycles. The number of nitrogens with zero attached hydrogens (tertiary/aromatic N) is 1. The Labute approximate surface area is 194 Å². The molecule has 0 saturated carbocycles. The van der Waals surface area contributed by atoms with Crippen LogP contribution in [0.15, 0.2) is 36.4 Å². The molecule has 1 heterocycles. The summed E-state index contributed by atoms with van der Waals surface area (Å²) < 4.78 is 41.0. The molecule has 3 rings (SSSR count). The van der Waals surface area contributed by atoms with Gasteiger partial charge in [-0.05, 0) is 56.2 Å². The maximum Gasteiger partial charge on any atom is 0.338 e. The highest BCUT2D eigenvalue weighted by Gasteiger charge is 2.36. The average Bonchev–Trinajstić information content (AvgIpc) is 3.06. The summed E-state index contributed by atoms with van der Waals surface area (Å²) in [5, 5.41) is 0. The number of carbonyl (C=O) groups is 2. The first-order chi connectivity index (χ1) is 15.5. The predicted molar refractivity (Wildman–Crippen MR) is 125 cm³/mol. The molecule has 0 aromatic heterocycles. The predicted octanol–water partition coefficient (Wildman–Crippen LogP) is 3.33. The molecular weight excluding hydrogens is 446 g/mol. The Morgan fingerprint density at radius 1 is 1.12 bits per heavy atom. The Kier molecular flexibility index (Phi) is 7.31. The lowest BCUT2D eigenvalue weighted by atomic mass is 10.0. The highest BCUT2D eigenvalue weighted by Crippen LogP contribution is 2.40. The lowest BCUT2D eigenvalue weighted by molar-refractivity contribution is -0.117. The Bertz CT molecular complexity index is 1160. The number of hydrogen-bond acceptors (Lipinski definition) is 7. The van der Waals surface area contributed by atoms with Gasteiger partial charge in [-0.3, -0.25) is 4.79 Å². The quantitative estimate of drug-likeness (QED) is 0.513. The minimum absolute atomic E-state index is 0.115. The van der Waals surface area contributed by atoms with Crippen LogP contribution in [0.2, 0.25) is 0 Å². The smallest absolute Gasteiger partial charge is 0.338 e. The Balaban J connectivity index is 2.11. The minimum atomic E-state index is -3.48. The summed E-state index contributed by atoms with van der Waals surface area (Å²) in [4.78, 5) is 27.0. The first kappa shape index (κ1) is 24.6. The van der Waals surface area contributed by atoms with Crippen molar-refractivity contribution in [1.82, 2.24) is 0 Å². The van der Waals surface area contributed by atoms with E-state index in [1.165, 1.54) is 12.0 Å². The molecule has 0 fully saturated rings. The molecule has 0 saturated heterocycles. The van der Waals surface area contributed by atoms with Gasteiger partial charge in [-0.2, -0.15) is 0 Å². The van der Waals surface area contributed by atoms with E-state index in [-0.39, 0.29) is 24.2 Å². The van der Waals surface area contributed by atoms with Gasteiger partial charge in [0, 0.05) is 11.9 Å². The summed E-state index contributed by atoms with van der Waals surface area (Å²) in [6.45, 7) is 5.73. The normalized spacial score (nSPS) is 14.2. The van der Waals surface area contributed by atoms with Crippen LogP contribution in [-0.4, -0.2) is 52.1 Å². The van der Waals surface area contributed by atoms with Crippen LogP contribution in [0.25, 0.3) is 0 Å². The summed E-state index contributed by atoms with van der Waals surface area (Å²) in [7, 11) is -1.96. The third kappa shape index (κ3) is 5.65. The van der Waals surface area contributed by atoms with Gasteiger partial charge in [0.25, 0.3) is 0 Å². The topological polar surface area (TPSA) is 99.2 Å². The number of sulfone groups is 1. The number of hydrogen-bond donors (Lipinski definition) is 0.